The van der Waals surface area contributed by atoms with Crippen molar-refractivity contribution in [2.45, 2.75) is 39.0 Å². The van der Waals surface area contributed by atoms with Crippen molar-refractivity contribution in [3.63, 3.8) is 0 Å². The fourth-order valence-electron chi connectivity index (χ4n) is 4.07. The predicted molar refractivity (Wildman–Crippen MR) is 110 cm³/mol. The lowest BCUT2D eigenvalue weighted by molar-refractivity contribution is -0.136. The molecule has 4 rings (SSSR count). The Morgan fingerprint density at radius 1 is 0.964 bits per heavy atom. The Kier molecular flexibility index (Phi) is 5.69. The molecular weight excluding hydrogens is 352 g/mol. The Hall–Kier alpha value is -2.70. The van der Waals surface area contributed by atoms with Crippen LogP contribution in [0, 0.1) is 12.8 Å². The molecule has 1 aliphatic heterocycles. The van der Waals surface area contributed by atoms with E-state index in [0.717, 1.165) is 56.4 Å². The maximum absolute atomic E-state index is 12.7. The highest BCUT2D eigenvalue weighted by Crippen LogP contribution is 2.26. The largest absolute Gasteiger partial charge is 0.352 e. The quantitative estimate of drug-likeness (QED) is 0.878. The van der Waals surface area contributed by atoms with Gasteiger partial charge in [-0.2, -0.15) is 0 Å². The molecule has 28 heavy (non-hydrogen) atoms. The lowest BCUT2D eigenvalue weighted by atomic mass is 9.88. The van der Waals surface area contributed by atoms with E-state index in [1.807, 2.05) is 42.2 Å². The van der Waals surface area contributed by atoms with Gasteiger partial charge in [0.15, 0.2) is 11.6 Å². The van der Waals surface area contributed by atoms with Crippen molar-refractivity contribution >= 4 is 23.4 Å². The van der Waals surface area contributed by atoms with E-state index in [9.17, 15) is 4.79 Å². The third kappa shape index (κ3) is 4.40. The van der Waals surface area contributed by atoms with Gasteiger partial charge >= 0.3 is 0 Å². The van der Waals surface area contributed by atoms with Crippen molar-refractivity contribution < 1.29 is 4.79 Å². The number of carbonyl (C=O) groups is 1. The number of nitrogens with zero attached hydrogens (tertiary/aromatic N) is 5. The highest BCUT2D eigenvalue weighted by Gasteiger charge is 2.28. The van der Waals surface area contributed by atoms with Gasteiger partial charge in [-0.15, -0.1) is 10.2 Å². The zero-order chi connectivity index (χ0) is 19.3. The molecule has 0 bridgehead atoms. The first-order chi connectivity index (χ1) is 13.7. The smallest absolute Gasteiger partial charge is 0.225 e. The average molecular weight is 380 g/mol. The molecule has 1 aliphatic carbocycles. The monoisotopic (exact) mass is 380 g/mol. The lowest BCUT2D eigenvalue weighted by Crippen LogP contribution is -2.50. The van der Waals surface area contributed by atoms with Crippen molar-refractivity contribution in [2.75, 3.05) is 36.4 Å². The van der Waals surface area contributed by atoms with Crippen LogP contribution in [0.4, 0.5) is 17.5 Å². The van der Waals surface area contributed by atoms with Gasteiger partial charge in [-0.1, -0.05) is 25.3 Å². The fourth-order valence-corrected chi connectivity index (χ4v) is 4.07. The molecule has 1 amide bonds. The number of piperazine rings is 1. The van der Waals surface area contributed by atoms with Crippen LogP contribution in [-0.4, -0.2) is 52.2 Å². The van der Waals surface area contributed by atoms with E-state index in [2.05, 4.69) is 25.4 Å². The fraction of sp³-hybridized carbons (Fsp3) is 0.524. The first kappa shape index (κ1) is 18.7. The molecule has 1 saturated carbocycles. The molecule has 1 N–H and O–H groups in total. The van der Waals surface area contributed by atoms with E-state index >= 15 is 0 Å². The summed E-state index contributed by atoms with van der Waals surface area (Å²) in [5, 5.41) is 11.8. The average Bonchev–Trinajstić information content (AvgIpc) is 2.75. The summed E-state index contributed by atoms with van der Waals surface area (Å²) in [6.45, 7) is 5.10. The molecule has 0 radical (unpaired) electrons. The predicted octanol–water partition coefficient (Wildman–Crippen LogP) is 3.15. The molecule has 7 heteroatoms. The number of aromatic nitrogens is 3. The minimum atomic E-state index is 0.251. The Balaban J connectivity index is 1.31. The van der Waals surface area contributed by atoms with Gasteiger partial charge in [-0.05, 0) is 44.0 Å². The number of pyridine rings is 1. The van der Waals surface area contributed by atoms with Gasteiger partial charge in [0.25, 0.3) is 0 Å². The third-order valence-corrected chi connectivity index (χ3v) is 5.66. The zero-order valence-electron chi connectivity index (χ0n) is 16.5. The van der Waals surface area contributed by atoms with E-state index < -0.39 is 0 Å². The second-order valence-corrected chi connectivity index (χ2v) is 7.71. The topological polar surface area (TPSA) is 74.2 Å². The number of hydrogen-bond donors (Lipinski definition) is 1. The lowest BCUT2D eigenvalue weighted by Gasteiger charge is -2.37. The molecule has 2 aromatic rings. The Bertz CT molecular complexity index is 795. The van der Waals surface area contributed by atoms with E-state index in [0.29, 0.717) is 11.7 Å². The summed E-state index contributed by atoms with van der Waals surface area (Å²) in [6, 6.07) is 9.72. The number of amides is 1. The Morgan fingerprint density at radius 2 is 1.75 bits per heavy atom. The van der Waals surface area contributed by atoms with Crippen LogP contribution in [0.3, 0.4) is 0 Å². The first-order valence-electron chi connectivity index (χ1n) is 10.3. The standard InChI is InChI=1S/C21H28N6O/c1-16-6-5-9-18(22-16)23-19-10-11-20(25-24-19)26-12-14-27(15-13-26)21(28)17-7-3-2-4-8-17/h5-6,9-11,17H,2-4,7-8,12-15H2,1H3,(H,22,23,24). The van der Waals surface area contributed by atoms with E-state index in [-0.39, 0.29) is 5.92 Å². The number of hydrogen-bond acceptors (Lipinski definition) is 6. The van der Waals surface area contributed by atoms with Crippen molar-refractivity contribution in [3.05, 3.63) is 36.0 Å². The number of carbonyl (C=O) groups excluding carboxylic acids is 1. The maximum atomic E-state index is 12.7. The van der Waals surface area contributed by atoms with Crippen LogP contribution in [0.1, 0.15) is 37.8 Å². The molecule has 3 heterocycles. The van der Waals surface area contributed by atoms with Crippen LogP contribution in [0.2, 0.25) is 0 Å². The first-order valence-corrected chi connectivity index (χ1v) is 10.3. The summed E-state index contributed by atoms with van der Waals surface area (Å²) in [7, 11) is 0. The summed E-state index contributed by atoms with van der Waals surface area (Å²) < 4.78 is 0. The number of aryl methyl sites for hydroxylation is 1. The number of rotatable bonds is 4. The molecular formula is C21H28N6O. The van der Waals surface area contributed by atoms with E-state index in [4.69, 9.17) is 0 Å². The highest BCUT2D eigenvalue weighted by atomic mass is 16.2. The number of anilines is 3. The molecule has 2 aromatic heterocycles. The summed E-state index contributed by atoms with van der Waals surface area (Å²) in [5.74, 6) is 2.90. The summed E-state index contributed by atoms with van der Waals surface area (Å²) in [5.41, 5.74) is 0.954. The van der Waals surface area contributed by atoms with Gasteiger partial charge in [0.05, 0.1) is 0 Å². The highest BCUT2D eigenvalue weighted by molar-refractivity contribution is 5.79. The second kappa shape index (κ2) is 8.54. The Morgan fingerprint density at radius 3 is 2.43 bits per heavy atom. The van der Waals surface area contributed by atoms with Gasteiger partial charge in [0, 0.05) is 37.8 Å². The van der Waals surface area contributed by atoms with Gasteiger partial charge in [-0.3, -0.25) is 4.79 Å². The van der Waals surface area contributed by atoms with Crippen molar-refractivity contribution in [2.24, 2.45) is 5.92 Å². The van der Waals surface area contributed by atoms with E-state index in [1.165, 1.54) is 19.3 Å². The van der Waals surface area contributed by atoms with Gasteiger partial charge in [-0.25, -0.2) is 4.98 Å². The van der Waals surface area contributed by atoms with Crippen molar-refractivity contribution in [1.29, 1.82) is 0 Å². The van der Waals surface area contributed by atoms with Crippen LogP contribution < -0.4 is 10.2 Å². The molecule has 2 fully saturated rings. The molecule has 0 atom stereocenters. The normalized spacial score (nSPS) is 18.2. The minimum Gasteiger partial charge on any atom is -0.352 e. The SMILES string of the molecule is Cc1cccc(Nc2ccc(N3CCN(C(=O)C4CCCCC4)CC3)nn2)n1. The minimum absolute atomic E-state index is 0.251. The summed E-state index contributed by atoms with van der Waals surface area (Å²) in [4.78, 5) is 21.4. The maximum Gasteiger partial charge on any atom is 0.225 e. The molecule has 0 aromatic carbocycles. The summed E-state index contributed by atoms with van der Waals surface area (Å²) in [6.07, 6.45) is 5.80. The van der Waals surface area contributed by atoms with Crippen LogP contribution in [-0.2, 0) is 4.79 Å². The number of nitrogens with one attached hydrogen (secondary N) is 1. The molecule has 7 nitrogen and oxygen atoms in total. The molecule has 0 spiro atoms. The molecule has 1 saturated heterocycles. The van der Waals surface area contributed by atoms with Crippen LogP contribution >= 0.6 is 0 Å². The van der Waals surface area contributed by atoms with Gasteiger partial charge in [0.1, 0.15) is 5.82 Å². The Labute approximate surface area is 166 Å². The summed E-state index contributed by atoms with van der Waals surface area (Å²) >= 11 is 0. The van der Waals surface area contributed by atoms with Crippen LogP contribution in [0.25, 0.3) is 0 Å². The molecule has 0 unspecified atom stereocenters. The van der Waals surface area contributed by atoms with Crippen molar-refractivity contribution in [1.82, 2.24) is 20.1 Å². The molecule has 2 aliphatic rings. The van der Waals surface area contributed by atoms with Gasteiger partial charge < -0.3 is 15.1 Å². The van der Waals surface area contributed by atoms with Crippen LogP contribution in [0.5, 0.6) is 0 Å². The molecule has 148 valence electrons. The van der Waals surface area contributed by atoms with Gasteiger partial charge in [0.2, 0.25) is 5.91 Å². The van der Waals surface area contributed by atoms with Crippen LogP contribution in [0.15, 0.2) is 30.3 Å². The van der Waals surface area contributed by atoms with Crippen molar-refractivity contribution in [3.8, 4) is 0 Å². The third-order valence-electron chi connectivity index (χ3n) is 5.66. The second-order valence-electron chi connectivity index (χ2n) is 7.71. The zero-order valence-corrected chi connectivity index (χ0v) is 16.5. The van der Waals surface area contributed by atoms with E-state index in [1.54, 1.807) is 0 Å².